The van der Waals surface area contributed by atoms with Crippen LogP contribution in [0.3, 0.4) is 0 Å². The molecular weight excluding hydrogens is 382 g/mol. The van der Waals surface area contributed by atoms with Crippen molar-refractivity contribution in [3.05, 3.63) is 53.3 Å². The molecule has 31 heavy (non-hydrogen) atoms. The number of benzene rings is 1. The van der Waals surface area contributed by atoms with Gasteiger partial charge in [-0.3, -0.25) is 4.79 Å². The van der Waals surface area contributed by atoms with Crippen molar-refractivity contribution in [1.82, 2.24) is 0 Å². The number of anilines is 1. The second-order valence-electron chi connectivity index (χ2n) is 10.7. The molecule has 5 rings (SSSR count). The van der Waals surface area contributed by atoms with Crippen LogP contribution in [0.4, 0.5) is 5.69 Å². The maximum atomic E-state index is 13.1. The summed E-state index contributed by atoms with van der Waals surface area (Å²) in [7, 11) is 4.19. The Morgan fingerprint density at radius 1 is 1.10 bits per heavy atom. The van der Waals surface area contributed by atoms with E-state index in [9.17, 15) is 4.79 Å². The monoisotopic (exact) mass is 419 g/mol. The van der Waals surface area contributed by atoms with Gasteiger partial charge in [-0.05, 0) is 91.5 Å². The molecule has 0 heterocycles. The second-order valence-corrected chi connectivity index (χ2v) is 10.7. The maximum absolute atomic E-state index is 13.1. The minimum absolute atomic E-state index is 0.140. The first-order chi connectivity index (χ1) is 14.9. The molecule has 0 spiro atoms. The number of ketones is 1. The van der Waals surface area contributed by atoms with Crippen LogP contribution in [-0.4, -0.2) is 26.5 Å². The van der Waals surface area contributed by atoms with E-state index in [1.807, 2.05) is 0 Å². The zero-order valence-electron chi connectivity index (χ0n) is 19.6. The summed E-state index contributed by atoms with van der Waals surface area (Å²) >= 11 is 0. The molecule has 3 heteroatoms. The number of Topliss-reactive ketones (excluding diaryl/α,β-unsaturated/α-hetero) is 1. The molecule has 0 aromatic heterocycles. The Morgan fingerprint density at radius 3 is 2.58 bits per heavy atom. The highest BCUT2D eigenvalue weighted by Gasteiger charge is 2.58. The van der Waals surface area contributed by atoms with Gasteiger partial charge in [0, 0.05) is 38.0 Å². The number of carbonyl (C=O) groups is 1. The third-order valence-corrected chi connectivity index (χ3v) is 8.97. The van der Waals surface area contributed by atoms with Crippen LogP contribution in [0.25, 0.3) is 0 Å². The zero-order valence-corrected chi connectivity index (χ0v) is 19.6. The Balaban J connectivity index is 1.55. The van der Waals surface area contributed by atoms with Crippen LogP contribution in [-0.2, 0) is 9.53 Å². The molecule has 0 unspecified atom stereocenters. The van der Waals surface area contributed by atoms with Crippen LogP contribution in [0.15, 0.2) is 47.7 Å². The van der Waals surface area contributed by atoms with E-state index in [2.05, 4.69) is 69.3 Å². The second kappa shape index (κ2) is 7.83. The number of hydrogen-bond donors (Lipinski definition) is 0. The van der Waals surface area contributed by atoms with Crippen molar-refractivity contribution in [1.29, 1.82) is 0 Å². The highest BCUT2D eigenvalue weighted by Crippen LogP contribution is 2.64. The topological polar surface area (TPSA) is 29.5 Å². The van der Waals surface area contributed by atoms with Gasteiger partial charge in [0.05, 0.1) is 12.4 Å². The molecule has 6 atom stereocenters. The smallest absolute Gasteiger partial charge is 0.139 e. The van der Waals surface area contributed by atoms with Crippen molar-refractivity contribution in [2.45, 2.75) is 58.3 Å². The lowest BCUT2D eigenvalue weighted by molar-refractivity contribution is -0.131. The van der Waals surface area contributed by atoms with Crippen LogP contribution in [0.5, 0.6) is 0 Å². The Labute approximate surface area is 187 Å². The summed E-state index contributed by atoms with van der Waals surface area (Å²) in [6.45, 7) is 5.11. The Kier molecular flexibility index (Phi) is 5.27. The summed E-state index contributed by atoms with van der Waals surface area (Å²) in [4.78, 5) is 15.2. The molecule has 166 valence electrons. The first-order valence-electron chi connectivity index (χ1n) is 12.3. The average molecular weight is 420 g/mol. The van der Waals surface area contributed by atoms with Gasteiger partial charge in [-0.25, -0.2) is 0 Å². The van der Waals surface area contributed by atoms with E-state index in [0.29, 0.717) is 35.4 Å². The molecule has 0 amide bonds. The molecule has 0 radical (unpaired) electrons. The number of allylic oxidation sites excluding steroid dienone is 4. The number of hydrogen-bond acceptors (Lipinski definition) is 3. The van der Waals surface area contributed by atoms with Crippen LogP contribution in [0.1, 0.15) is 63.9 Å². The molecular formula is C28H37NO2. The highest BCUT2D eigenvalue weighted by molar-refractivity contribution is 5.87. The number of carbonyl (C=O) groups excluding carboxylic acids is 1. The average Bonchev–Trinajstić information content (AvgIpc) is 3.07. The maximum Gasteiger partial charge on any atom is 0.139 e. The predicted molar refractivity (Wildman–Crippen MR) is 126 cm³/mol. The van der Waals surface area contributed by atoms with Crippen LogP contribution >= 0.6 is 0 Å². The summed E-state index contributed by atoms with van der Waals surface area (Å²) in [6, 6.07) is 9.18. The molecule has 0 N–H and O–H groups in total. The van der Waals surface area contributed by atoms with Crippen molar-refractivity contribution < 1.29 is 9.53 Å². The van der Waals surface area contributed by atoms with Gasteiger partial charge < -0.3 is 9.64 Å². The largest absolute Gasteiger partial charge is 0.498 e. The molecule has 2 saturated carbocycles. The lowest BCUT2D eigenvalue weighted by atomic mass is 9.49. The Hall–Kier alpha value is -2.03. The molecule has 1 aromatic rings. The molecule has 4 aliphatic rings. The van der Waals surface area contributed by atoms with Gasteiger partial charge in [-0.2, -0.15) is 0 Å². The number of nitrogens with zero attached hydrogens (tertiary/aromatic N) is 1. The highest BCUT2D eigenvalue weighted by atomic mass is 16.5. The third kappa shape index (κ3) is 3.36. The first-order valence-corrected chi connectivity index (χ1v) is 12.3. The van der Waals surface area contributed by atoms with E-state index in [4.69, 9.17) is 4.74 Å². The molecule has 2 fully saturated rings. The lowest BCUT2D eigenvalue weighted by Crippen LogP contribution is -2.49. The standard InChI is InChI=1S/C28H37NO2/c1-5-31-21-11-13-22-19(16-21)8-12-23-25-14-15-26(30)28(25,2)17-24(27(22)23)18-6-9-20(10-7-18)29(3)4/h6-10,16,22-25,27H,5,11-15,17H2,1-4H3/t22-,23-,24+,25-,27+,28-/m0/s1. The van der Waals surface area contributed by atoms with Gasteiger partial charge >= 0.3 is 0 Å². The van der Waals surface area contributed by atoms with Crippen molar-refractivity contribution in [3.8, 4) is 0 Å². The van der Waals surface area contributed by atoms with Crippen molar-refractivity contribution in [2.24, 2.45) is 29.1 Å². The fraction of sp³-hybridized carbons (Fsp3) is 0.607. The third-order valence-electron chi connectivity index (χ3n) is 8.97. The fourth-order valence-corrected chi connectivity index (χ4v) is 7.49. The summed E-state index contributed by atoms with van der Waals surface area (Å²) in [5, 5.41) is 0. The fourth-order valence-electron chi connectivity index (χ4n) is 7.49. The van der Waals surface area contributed by atoms with Crippen molar-refractivity contribution >= 4 is 11.5 Å². The van der Waals surface area contributed by atoms with E-state index in [1.165, 1.54) is 23.2 Å². The van der Waals surface area contributed by atoms with Crippen LogP contribution in [0.2, 0.25) is 0 Å². The van der Waals surface area contributed by atoms with Gasteiger partial charge in [0.15, 0.2) is 0 Å². The summed E-state index contributed by atoms with van der Waals surface area (Å²) in [6.07, 6.45) is 11.1. The van der Waals surface area contributed by atoms with E-state index in [1.54, 1.807) is 0 Å². The summed E-state index contributed by atoms with van der Waals surface area (Å²) in [5.41, 5.74) is 4.03. The predicted octanol–water partition coefficient (Wildman–Crippen LogP) is 6.12. The van der Waals surface area contributed by atoms with Crippen LogP contribution in [0, 0.1) is 29.1 Å². The van der Waals surface area contributed by atoms with Gasteiger partial charge in [-0.1, -0.05) is 25.1 Å². The summed E-state index contributed by atoms with van der Waals surface area (Å²) < 4.78 is 5.89. The zero-order chi connectivity index (χ0) is 21.8. The van der Waals surface area contributed by atoms with Crippen molar-refractivity contribution in [2.75, 3.05) is 25.6 Å². The quantitative estimate of drug-likeness (QED) is 0.589. The minimum Gasteiger partial charge on any atom is -0.498 e. The summed E-state index contributed by atoms with van der Waals surface area (Å²) in [5.74, 6) is 4.54. The molecule has 0 aliphatic heterocycles. The van der Waals surface area contributed by atoms with Crippen molar-refractivity contribution in [3.63, 3.8) is 0 Å². The van der Waals surface area contributed by atoms with Crippen LogP contribution < -0.4 is 4.90 Å². The number of fused-ring (bicyclic) bond motifs is 5. The van der Waals surface area contributed by atoms with Gasteiger partial charge in [0.1, 0.15) is 5.78 Å². The molecule has 1 aromatic carbocycles. The van der Waals surface area contributed by atoms with Gasteiger partial charge in [0.25, 0.3) is 0 Å². The first kappa shape index (κ1) is 20.8. The number of rotatable bonds is 4. The molecule has 0 saturated heterocycles. The Morgan fingerprint density at radius 2 is 1.87 bits per heavy atom. The van der Waals surface area contributed by atoms with E-state index in [-0.39, 0.29) is 5.41 Å². The van der Waals surface area contributed by atoms with E-state index < -0.39 is 0 Å². The number of ether oxygens (including phenoxy) is 1. The molecule has 0 bridgehead atoms. The van der Waals surface area contributed by atoms with Gasteiger partial charge in [-0.15, -0.1) is 0 Å². The Bertz CT molecular complexity index is 911. The van der Waals surface area contributed by atoms with E-state index in [0.717, 1.165) is 44.5 Å². The SMILES string of the molecule is CCOC1=CC2=CC[C@@H]3[C@H]([C@@H](c4ccc(N(C)C)cc4)C[C@]4(C)C(=O)CC[C@@H]34)[C@H]2CC1. The van der Waals surface area contributed by atoms with Gasteiger partial charge in [0.2, 0.25) is 0 Å². The molecule has 3 nitrogen and oxygen atoms in total. The van der Waals surface area contributed by atoms with E-state index >= 15 is 0 Å². The molecule has 4 aliphatic carbocycles. The normalized spacial score (nSPS) is 36.6. The lowest BCUT2D eigenvalue weighted by Gasteiger charge is -2.54. The minimum atomic E-state index is -0.140.